The maximum Gasteiger partial charge on any atom is 0.255 e. The van der Waals surface area contributed by atoms with E-state index in [0.29, 0.717) is 19.6 Å². The highest BCUT2D eigenvalue weighted by Crippen LogP contribution is 2.22. The van der Waals surface area contributed by atoms with Crippen LogP contribution in [0.25, 0.3) is 0 Å². The van der Waals surface area contributed by atoms with Crippen molar-refractivity contribution >= 4 is 5.91 Å². The van der Waals surface area contributed by atoms with Crippen molar-refractivity contribution in [3.8, 4) is 11.5 Å². The van der Waals surface area contributed by atoms with Crippen molar-refractivity contribution in [2.45, 2.75) is 12.5 Å². The summed E-state index contributed by atoms with van der Waals surface area (Å²) in [5.41, 5.74) is 5.54. The maximum atomic E-state index is 11.9. The third kappa shape index (κ3) is 3.90. The fraction of sp³-hybridized carbons (Fsp3) is 0.417. The van der Waals surface area contributed by atoms with Crippen LogP contribution in [0.4, 0.5) is 0 Å². The molecule has 0 heterocycles. The van der Waals surface area contributed by atoms with Gasteiger partial charge >= 0.3 is 0 Å². The van der Waals surface area contributed by atoms with Gasteiger partial charge in [-0.25, -0.2) is 0 Å². The number of nitrogens with two attached hydrogens (primary N) is 1. The third-order valence-corrected chi connectivity index (χ3v) is 2.44. The number of hydrogen-bond acceptors (Lipinski definition) is 5. The summed E-state index contributed by atoms with van der Waals surface area (Å²) < 4.78 is 4.97. The molecule has 1 rings (SSSR count). The largest absolute Gasteiger partial charge is 0.508 e. The van der Waals surface area contributed by atoms with Gasteiger partial charge < -0.3 is 26.0 Å². The number of aromatic hydroxyl groups is 2. The van der Waals surface area contributed by atoms with E-state index in [4.69, 9.17) is 15.6 Å². The summed E-state index contributed by atoms with van der Waals surface area (Å²) in [5.74, 6) is -0.793. The van der Waals surface area contributed by atoms with Gasteiger partial charge in [-0.2, -0.15) is 0 Å². The van der Waals surface area contributed by atoms with E-state index in [9.17, 15) is 9.90 Å². The minimum absolute atomic E-state index is 0.0977. The summed E-state index contributed by atoms with van der Waals surface area (Å²) in [6.07, 6.45) is 0.582. The van der Waals surface area contributed by atoms with E-state index in [-0.39, 0.29) is 23.1 Å². The second-order valence-corrected chi connectivity index (χ2v) is 3.90. The molecule has 0 saturated heterocycles. The van der Waals surface area contributed by atoms with Gasteiger partial charge in [-0.15, -0.1) is 0 Å². The molecule has 0 spiro atoms. The molecule has 1 unspecified atom stereocenters. The molecule has 0 saturated carbocycles. The summed E-state index contributed by atoms with van der Waals surface area (Å²) >= 11 is 0. The van der Waals surface area contributed by atoms with Crippen molar-refractivity contribution < 1.29 is 19.7 Å². The zero-order chi connectivity index (χ0) is 13.5. The molecule has 1 atom stereocenters. The van der Waals surface area contributed by atoms with E-state index in [1.54, 1.807) is 0 Å². The highest BCUT2D eigenvalue weighted by atomic mass is 16.5. The SMILES string of the molecule is COCC(CCN)NC(=O)c1ccc(O)cc1O. The van der Waals surface area contributed by atoms with Crippen molar-refractivity contribution in [1.82, 2.24) is 5.32 Å². The lowest BCUT2D eigenvalue weighted by Gasteiger charge is -2.17. The van der Waals surface area contributed by atoms with Crippen molar-refractivity contribution in [2.24, 2.45) is 5.73 Å². The molecule has 0 aromatic heterocycles. The molecule has 0 fully saturated rings. The van der Waals surface area contributed by atoms with Gasteiger partial charge in [0, 0.05) is 13.2 Å². The van der Waals surface area contributed by atoms with Gasteiger partial charge in [0.2, 0.25) is 0 Å². The van der Waals surface area contributed by atoms with E-state index in [2.05, 4.69) is 5.32 Å². The first-order chi connectivity index (χ1) is 8.58. The molecule has 6 nitrogen and oxygen atoms in total. The Hall–Kier alpha value is -1.79. The quantitative estimate of drug-likeness (QED) is 0.580. The summed E-state index contributed by atoms with van der Waals surface area (Å²) in [4.78, 5) is 11.9. The molecular weight excluding hydrogens is 236 g/mol. The number of carbonyl (C=O) groups excluding carboxylic acids is 1. The first-order valence-corrected chi connectivity index (χ1v) is 5.60. The first-order valence-electron chi connectivity index (χ1n) is 5.60. The minimum atomic E-state index is -0.428. The lowest BCUT2D eigenvalue weighted by molar-refractivity contribution is 0.0891. The monoisotopic (exact) mass is 254 g/mol. The van der Waals surface area contributed by atoms with Crippen LogP contribution in [-0.4, -0.2) is 42.4 Å². The molecule has 5 N–H and O–H groups in total. The van der Waals surface area contributed by atoms with E-state index in [0.717, 1.165) is 6.07 Å². The average molecular weight is 254 g/mol. The van der Waals surface area contributed by atoms with E-state index >= 15 is 0 Å². The van der Waals surface area contributed by atoms with Crippen LogP contribution in [0.2, 0.25) is 0 Å². The van der Waals surface area contributed by atoms with Crippen molar-refractivity contribution in [3.63, 3.8) is 0 Å². The molecule has 0 aliphatic heterocycles. The summed E-state index contributed by atoms with van der Waals surface area (Å²) in [6, 6.07) is 3.60. The first kappa shape index (κ1) is 14.3. The van der Waals surface area contributed by atoms with E-state index < -0.39 is 5.91 Å². The Bertz CT molecular complexity index is 403. The van der Waals surface area contributed by atoms with Gasteiger partial charge in [-0.05, 0) is 25.1 Å². The lowest BCUT2D eigenvalue weighted by atomic mass is 10.1. The molecular formula is C12H18N2O4. The molecule has 0 radical (unpaired) electrons. The Morgan fingerprint density at radius 2 is 2.22 bits per heavy atom. The average Bonchev–Trinajstić information content (AvgIpc) is 2.29. The van der Waals surface area contributed by atoms with Gasteiger partial charge in [0.05, 0.1) is 18.2 Å². The van der Waals surface area contributed by atoms with Crippen molar-refractivity contribution in [1.29, 1.82) is 0 Å². The molecule has 1 amide bonds. The fourth-order valence-electron chi connectivity index (χ4n) is 1.57. The normalized spacial score (nSPS) is 12.1. The maximum absolute atomic E-state index is 11.9. The number of rotatable bonds is 6. The zero-order valence-electron chi connectivity index (χ0n) is 10.2. The predicted molar refractivity (Wildman–Crippen MR) is 66.6 cm³/mol. The topological polar surface area (TPSA) is 105 Å². The summed E-state index contributed by atoms with van der Waals surface area (Å²) in [7, 11) is 1.54. The van der Waals surface area contributed by atoms with E-state index in [1.165, 1.54) is 19.2 Å². The number of hydrogen-bond donors (Lipinski definition) is 4. The molecule has 0 aliphatic carbocycles. The zero-order valence-corrected chi connectivity index (χ0v) is 10.2. The molecule has 0 aliphatic rings. The number of ether oxygens (including phenoxy) is 1. The van der Waals surface area contributed by atoms with Gasteiger partial charge in [-0.3, -0.25) is 4.79 Å². The van der Waals surface area contributed by atoms with Crippen molar-refractivity contribution in [2.75, 3.05) is 20.3 Å². The molecule has 100 valence electrons. The van der Waals surface area contributed by atoms with E-state index in [1.807, 2.05) is 0 Å². The second kappa shape index (κ2) is 6.83. The molecule has 1 aromatic rings. The summed E-state index contributed by atoms with van der Waals surface area (Å²) in [5, 5.41) is 21.4. The van der Waals surface area contributed by atoms with Gasteiger partial charge in [0.25, 0.3) is 5.91 Å². The predicted octanol–water partition coefficient (Wildman–Crippen LogP) is 0.191. The van der Waals surface area contributed by atoms with Crippen LogP contribution >= 0.6 is 0 Å². The van der Waals surface area contributed by atoms with Gasteiger partial charge in [0.15, 0.2) is 0 Å². The van der Waals surface area contributed by atoms with Crippen LogP contribution in [0.5, 0.6) is 11.5 Å². The Balaban J connectivity index is 2.73. The Morgan fingerprint density at radius 1 is 1.50 bits per heavy atom. The highest BCUT2D eigenvalue weighted by molar-refractivity contribution is 5.97. The van der Waals surface area contributed by atoms with Crippen LogP contribution in [0, 0.1) is 0 Å². The number of nitrogens with one attached hydrogen (secondary N) is 1. The van der Waals surface area contributed by atoms with Gasteiger partial charge in [-0.1, -0.05) is 0 Å². The van der Waals surface area contributed by atoms with Crippen LogP contribution in [0.3, 0.4) is 0 Å². The van der Waals surface area contributed by atoms with Crippen LogP contribution in [0.1, 0.15) is 16.8 Å². The molecule has 1 aromatic carbocycles. The van der Waals surface area contributed by atoms with Crippen molar-refractivity contribution in [3.05, 3.63) is 23.8 Å². The standard InChI is InChI=1S/C12H18N2O4/c1-18-7-8(4-5-13)14-12(17)10-3-2-9(15)6-11(10)16/h2-3,6,8,15-16H,4-5,7,13H2,1H3,(H,14,17). The lowest BCUT2D eigenvalue weighted by Crippen LogP contribution is -2.39. The number of phenolic OH excluding ortho intramolecular Hbond substituents is 2. The summed E-state index contributed by atoms with van der Waals surface area (Å²) in [6.45, 7) is 0.775. The fourth-order valence-corrected chi connectivity index (χ4v) is 1.57. The number of benzene rings is 1. The van der Waals surface area contributed by atoms with Crippen LogP contribution in [-0.2, 0) is 4.74 Å². The Morgan fingerprint density at radius 3 is 2.78 bits per heavy atom. The number of amides is 1. The Labute approximate surface area is 105 Å². The highest BCUT2D eigenvalue weighted by Gasteiger charge is 2.16. The number of methoxy groups -OCH3 is 1. The molecule has 6 heteroatoms. The van der Waals surface area contributed by atoms with Crippen LogP contribution < -0.4 is 11.1 Å². The minimum Gasteiger partial charge on any atom is -0.508 e. The molecule has 18 heavy (non-hydrogen) atoms. The number of carbonyl (C=O) groups is 1. The van der Waals surface area contributed by atoms with Crippen LogP contribution in [0.15, 0.2) is 18.2 Å². The smallest absolute Gasteiger partial charge is 0.255 e. The third-order valence-electron chi connectivity index (χ3n) is 2.44. The van der Waals surface area contributed by atoms with Gasteiger partial charge in [0.1, 0.15) is 11.5 Å². The number of phenols is 2. The second-order valence-electron chi connectivity index (χ2n) is 3.90. The Kier molecular flexibility index (Phi) is 5.41. The molecule has 0 bridgehead atoms.